The molecule has 1 aliphatic carbocycles. The van der Waals surface area contributed by atoms with Gasteiger partial charge in [-0.1, -0.05) is 38.0 Å². The standard InChI is InChI=1S/C20H32O5/c1-2-3-6-9-15(21)12-13-17-16(18(22)14-19(17)23)10-7-4-5-8-11-20(24)25/h4,7,12-13,16-19,22-23H,2-3,5-6,8-11,14H2,1H3,(H,24,25)/b7-4-,13-12+/t16-,17+,18?,19?/m0/s1. The zero-order valence-electron chi connectivity index (χ0n) is 15.1. The number of aliphatic hydroxyl groups is 2. The molecule has 2 unspecified atom stereocenters. The summed E-state index contributed by atoms with van der Waals surface area (Å²) in [6, 6.07) is 0. The second-order valence-electron chi connectivity index (χ2n) is 6.89. The molecule has 0 bridgehead atoms. The molecule has 1 fully saturated rings. The summed E-state index contributed by atoms with van der Waals surface area (Å²) in [4.78, 5) is 22.3. The summed E-state index contributed by atoms with van der Waals surface area (Å²) in [5, 5.41) is 28.9. The van der Waals surface area contributed by atoms with Crippen LogP contribution in [0.2, 0.25) is 0 Å². The molecule has 142 valence electrons. The van der Waals surface area contributed by atoms with Gasteiger partial charge in [0.2, 0.25) is 0 Å². The largest absolute Gasteiger partial charge is 0.481 e. The van der Waals surface area contributed by atoms with Gasteiger partial charge >= 0.3 is 5.97 Å². The van der Waals surface area contributed by atoms with Gasteiger partial charge in [-0.15, -0.1) is 0 Å². The van der Waals surface area contributed by atoms with E-state index in [1.54, 1.807) is 12.2 Å². The van der Waals surface area contributed by atoms with Crippen molar-refractivity contribution in [3.63, 3.8) is 0 Å². The third kappa shape index (κ3) is 8.45. The van der Waals surface area contributed by atoms with Crippen molar-refractivity contribution in [3.8, 4) is 0 Å². The van der Waals surface area contributed by atoms with Gasteiger partial charge in [-0.25, -0.2) is 0 Å². The number of unbranched alkanes of at least 4 members (excludes halogenated alkanes) is 3. The molecule has 0 aromatic heterocycles. The van der Waals surface area contributed by atoms with E-state index in [4.69, 9.17) is 5.11 Å². The first-order valence-electron chi connectivity index (χ1n) is 9.39. The van der Waals surface area contributed by atoms with E-state index in [0.29, 0.717) is 32.1 Å². The van der Waals surface area contributed by atoms with Gasteiger partial charge in [0.15, 0.2) is 5.78 Å². The van der Waals surface area contributed by atoms with Crippen molar-refractivity contribution in [2.24, 2.45) is 11.8 Å². The van der Waals surface area contributed by atoms with Crippen LogP contribution in [-0.2, 0) is 9.59 Å². The summed E-state index contributed by atoms with van der Waals surface area (Å²) in [5.41, 5.74) is 0. The molecular formula is C20H32O5. The second-order valence-corrected chi connectivity index (χ2v) is 6.89. The summed E-state index contributed by atoms with van der Waals surface area (Å²) in [6.07, 6.45) is 11.9. The lowest BCUT2D eigenvalue weighted by molar-refractivity contribution is -0.137. The number of allylic oxidation sites excluding steroid dienone is 3. The van der Waals surface area contributed by atoms with Gasteiger partial charge in [-0.05, 0) is 37.7 Å². The van der Waals surface area contributed by atoms with Crippen molar-refractivity contribution in [3.05, 3.63) is 24.3 Å². The summed E-state index contributed by atoms with van der Waals surface area (Å²) in [5.74, 6) is -1.04. The number of aliphatic carboxylic acids is 1. The molecule has 5 nitrogen and oxygen atoms in total. The van der Waals surface area contributed by atoms with E-state index in [2.05, 4.69) is 6.92 Å². The quantitative estimate of drug-likeness (QED) is 0.285. The lowest BCUT2D eigenvalue weighted by Gasteiger charge is -2.19. The van der Waals surface area contributed by atoms with Crippen LogP contribution in [0.3, 0.4) is 0 Å². The summed E-state index contributed by atoms with van der Waals surface area (Å²) < 4.78 is 0. The Hall–Kier alpha value is -1.46. The average Bonchev–Trinajstić information content (AvgIpc) is 2.82. The van der Waals surface area contributed by atoms with Crippen LogP contribution in [0.25, 0.3) is 0 Å². The molecule has 0 spiro atoms. The fourth-order valence-corrected chi connectivity index (χ4v) is 3.30. The molecule has 5 heteroatoms. The maximum absolute atomic E-state index is 11.9. The smallest absolute Gasteiger partial charge is 0.303 e. The van der Waals surface area contributed by atoms with Crippen LogP contribution in [-0.4, -0.2) is 39.3 Å². The Morgan fingerprint density at radius 3 is 2.48 bits per heavy atom. The minimum absolute atomic E-state index is 0.0741. The Morgan fingerprint density at radius 1 is 1.04 bits per heavy atom. The lowest BCUT2D eigenvalue weighted by atomic mass is 9.89. The number of carbonyl (C=O) groups excluding carboxylic acids is 1. The van der Waals surface area contributed by atoms with Gasteiger partial charge in [-0.2, -0.15) is 0 Å². The molecule has 25 heavy (non-hydrogen) atoms. The average molecular weight is 352 g/mol. The first-order chi connectivity index (χ1) is 12.0. The molecule has 4 atom stereocenters. The number of carboxylic acids is 1. The summed E-state index contributed by atoms with van der Waals surface area (Å²) in [7, 11) is 0. The predicted molar refractivity (Wildman–Crippen MR) is 97.1 cm³/mol. The first kappa shape index (κ1) is 21.6. The van der Waals surface area contributed by atoms with E-state index < -0.39 is 18.2 Å². The molecule has 0 aliphatic heterocycles. The highest BCUT2D eigenvalue weighted by atomic mass is 16.4. The van der Waals surface area contributed by atoms with Crippen molar-refractivity contribution >= 4 is 11.8 Å². The van der Waals surface area contributed by atoms with E-state index in [9.17, 15) is 19.8 Å². The minimum atomic E-state index is -0.795. The van der Waals surface area contributed by atoms with E-state index in [1.165, 1.54) is 0 Å². The van der Waals surface area contributed by atoms with E-state index >= 15 is 0 Å². The highest BCUT2D eigenvalue weighted by Crippen LogP contribution is 2.36. The predicted octanol–water partition coefficient (Wildman–Crippen LogP) is 3.25. The van der Waals surface area contributed by atoms with Crippen LogP contribution in [0.15, 0.2) is 24.3 Å². The highest BCUT2D eigenvalue weighted by molar-refractivity contribution is 5.89. The Morgan fingerprint density at radius 2 is 1.80 bits per heavy atom. The van der Waals surface area contributed by atoms with Crippen molar-refractivity contribution < 1.29 is 24.9 Å². The molecule has 0 aromatic carbocycles. The third-order valence-electron chi connectivity index (χ3n) is 4.78. The monoisotopic (exact) mass is 352 g/mol. The number of hydrogen-bond acceptors (Lipinski definition) is 4. The van der Waals surface area contributed by atoms with Crippen molar-refractivity contribution in [1.82, 2.24) is 0 Å². The highest BCUT2D eigenvalue weighted by Gasteiger charge is 2.39. The number of rotatable bonds is 12. The second kappa shape index (κ2) is 12.0. The van der Waals surface area contributed by atoms with Gasteiger partial charge in [0, 0.05) is 25.2 Å². The molecule has 1 aliphatic rings. The molecule has 0 aromatic rings. The molecule has 0 radical (unpaired) electrons. The molecule has 3 N–H and O–H groups in total. The molecule has 0 saturated heterocycles. The van der Waals surface area contributed by atoms with Crippen LogP contribution < -0.4 is 0 Å². The molecular weight excluding hydrogens is 320 g/mol. The maximum Gasteiger partial charge on any atom is 0.303 e. The first-order valence-corrected chi connectivity index (χ1v) is 9.39. The minimum Gasteiger partial charge on any atom is -0.481 e. The van der Waals surface area contributed by atoms with Crippen LogP contribution in [0, 0.1) is 11.8 Å². The number of ketones is 1. The van der Waals surface area contributed by atoms with Crippen molar-refractivity contribution in [2.75, 3.05) is 0 Å². The van der Waals surface area contributed by atoms with Crippen LogP contribution >= 0.6 is 0 Å². The maximum atomic E-state index is 11.9. The molecule has 1 rings (SSSR count). The zero-order valence-corrected chi connectivity index (χ0v) is 15.1. The normalized spacial score (nSPS) is 26.7. The van der Waals surface area contributed by atoms with Gasteiger partial charge in [0.05, 0.1) is 12.2 Å². The lowest BCUT2D eigenvalue weighted by Crippen LogP contribution is -2.20. The Kier molecular flexibility index (Phi) is 10.3. The molecule has 0 heterocycles. The van der Waals surface area contributed by atoms with Gasteiger partial charge in [-0.3, -0.25) is 9.59 Å². The van der Waals surface area contributed by atoms with E-state index in [1.807, 2.05) is 12.2 Å². The van der Waals surface area contributed by atoms with Crippen LogP contribution in [0.4, 0.5) is 0 Å². The van der Waals surface area contributed by atoms with Crippen LogP contribution in [0.1, 0.15) is 64.7 Å². The third-order valence-corrected chi connectivity index (χ3v) is 4.78. The molecule has 0 amide bonds. The number of hydrogen-bond donors (Lipinski definition) is 3. The Bertz CT molecular complexity index is 469. The van der Waals surface area contributed by atoms with Crippen LogP contribution in [0.5, 0.6) is 0 Å². The van der Waals surface area contributed by atoms with E-state index in [-0.39, 0.29) is 24.0 Å². The van der Waals surface area contributed by atoms with Gasteiger partial charge in [0.1, 0.15) is 0 Å². The summed E-state index contributed by atoms with van der Waals surface area (Å²) in [6.45, 7) is 2.09. The fourth-order valence-electron chi connectivity index (χ4n) is 3.30. The number of aliphatic hydroxyl groups excluding tert-OH is 2. The number of carbonyl (C=O) groups is 2. The van der Waals surface area contributed by atoms with Crippen molar-refractivity contribution in [2.45, 2.75) is 76.9 Å². The number of carboxylic acid groups (broad SMARTS) is 1. The topological polar surface area (TPSA) is 94.8 Å². The Balaban J connectivity index is 2.48. The molecule has 1 saturated carbocycles. The van der Waals surface area contributed by atoms with Gasteiger partial charge < -0.3 is 15.3 Å². The SMILES string of the molecule is CCCCCC(=O)/C=C/[C@H]1C(O)CC(O)[C@H]1C/C=C\CCCC(=O)O. The Labute approximate surface area is 150 Å². The summed E-state index contributed by atoms with van der Waals surface area (Å²) >= 11 is 0. The zero-order chi connectivity index (χ0) is 18.7. The fraction of sp³-hybridized carbons (Fsp3) is 0.700. The van der Waals surface area contributed by atoms with E-state index in [0.717, 1.165) is 19.3 Å². The van der Waals surface area contributed by atoms with Gasteiger partial charge in [0.25, 0.3) is 0 Å². The van der Waals surface area contributed by atoms with Crippen molar-refractivity contribution in [1.29, 1.82) is 0 Å².